The highest BCUT2D eigenvalue weighted by molar-refractivity contribution is 7.97. The number of hydrogen-bond donors (Lipinski definition) is 1. The van der Waals surface area contributed by atoms with E-state index in [1.165, 1.54) is 0 Å². The van der Waals surface area contributed by atoms with Crippen LogP contribution in [0.15, 0.2) is 53.4 Å². The van der Waals surface area contributed by atoms with E-state index >= 15 is 0 Å². The summed E-state index contributed by atoms with van der Waals surface area (Å²) in [6.07, 6.45) is -0.233. The molecule has 4 rings (SSSR count). The van der Waals surface area contributed by atoms with Crippen LogP contribution >= 0.6 is 11.9 Å². The Balaban J connectivity index is 1.23. The lowest BCUT2D eigenvalue weighted by atomic mass is 10.1. The summed E-state index contributed by atoms with van der Waals surface area (Å²) in [5.41, 5.74) is 2.55. The number of nitrogens with one attached hydrogen (secondary N) is 1. The van der Waals surface area contributed by atoms with E-state index in [9.17, 15) is 9.59 Å². The minimum atomic E-state index is -0.233. The quantitative estimate of drug-likeness (QED) is 0.603. The van der Waals surface area contributed by atoms with Crippen LogP contribution in [0.1, 0.15) is 22.8 Å². The first-order chi connectivity index (χ1) is 16.6. The lowest BCUT2D eigenvalue weighted by Crippen LogP contribution is -2.48. The number of anilines is 1. The molecule has 2 aliphatic heterocycles. The number of ether oxygens (including phenoxy) is 2. The molecule has 34 heavy (non-hydrogen) atoms. The molecule has 1 N–H and O–H groups in total. The third kappa shape index (κ3) is 6.96. The van der Waals surface area contributed by atoms with Crippen LogP contribution in [0.4, 0.5) is 10.5 Å². The minimum Gasteiger partial charge on any atom is -0.450 e. The number of rotatable bonds is 7. The van der Waals surface area contributed by atoms with Gasteiger partial charge in [0.05, 0.1) is 19.8 Å². The molecule has 0 radical (unpaired) electrons. The third-order valence-corrected chi connectivity index (χ3v) is 6.94. The van der Waals surface area contributed by atoms with Gasteiger partial charge < -0.3 is 19.7 Å². The average Bonchev–Trinajstić information content (AvgIpc) is 2.87. The molecule has 0 bridgehead atoms. The zero-order valence-corrected chi connectivity index (χ0v) is 20.4. The number of amides is 2. The number of morpholine rings is 1. The van der Waals surface area contributed by atoms with E-state index < -0.39 is 0 Å². The second kappa shape index (κ2) is 12.2. The smallest absolute Gasteiger partial charge is 0.409 e. The van der Waals surface area contributed by atoms with E-state index in [0.29, 0.717) is 25.3 Å². The Kier molecular flexibility index (Phi) is 8.81. The molecule has 2 aromatic carbocycles. The largest absolute Gasteiger partial charge is 0.450 e. The van der Waals surface area contributed by atoms with Crippen molar-refractivity contribution in [3.05, 3.63) is 59.7 Å². The van der Waals surface area contributed by atoms with Gasteiger partial charge in [-0.2, -0.15) is 0 Å². The van der Waals surface area contributed by atoms with E-state index in [1.54, 1.807) is 16.8 Å². The zero-order valence-electron chi connectivity index (χ0n) is 19.6. The van der Waals surface area contributed by atoms with Gasteiger partial charge >= 0.3 is 6.09 Å². The summed E-state index contributed by atoms with van der Waals surface area (Å²) >= 11 is 1.72. The Labute approximate surface area is 205 Å². The number of carbonyl (C=O) groups excluding carboxylic acids is 2. The first-order valence-corrected chi connectivity index (χ1v) is 12.5. The van der Waals surface area contributed by atoms with Crippen molar-refractivity contribution in [2.75, 3.05) is 64.4 Å². The highest BCUT2D eigenvalue weighted by atomic mass is 32.2. The molecule has 0 aliphatic carbocycles. The van der Waals surface area contributed by atoms with Gasteiger partial charge in [-0.15, -0.1) is 0 Å². The van der Waals surface area contributed by atoms with Gasteiger partial charge in [0.25, 0.3) is 5.91 Å². The van der Waals surface area contributed by atoms with Crippen molar-refractivity contribution in [2.24, 2.45) is 0 Å². The van der Waals surface area contributed by atoms with Crippen molar-refractivity contribution < 1.29 is 19.1 Å². The van der Waals surface area contributed by atoms with Crippen LogP contribution in [-0.2, 0) is 16.0 Å². The summed E-state index contributed by atoms with van der Waals surface area (Å²) in [6, 6.07) is 15.6. The lowest BCUT2D eigenvalue weighted by molar-refractivity contribution is 0.0773. The number of carbonyl (C=O) groups is 2. The molecule has 0 spiro atoms. The van der Waals surface area contributed by atoms with Crippen LogP contribution < -0.4 is 5.32 Å². The molecule has 0 aromatic heterocycles. The molecule has 2 aromatic rings. The van der Waals surface area contributed by atoms with Crippen LogP contribution in [-0.4, -0.2) is 85.2 Å². The van der Waals surface area contributed by atoms with Gasteiger partial charge in [-0.25, -0.2) is 9.10 Å². The monoisotopic (exact) mass is 484 g/mol. The molecule has 0 unspecified atom stereocenters. The van der Waals surface area contributed by atoms with Gasteiger partial charge in [-0.05, 0) is 60.8 Å². The van der Waals surface area contributed by atoms with Gasteiger partial charge in [0.15, 0.2) is 0 Å². The average molecular weight is 485 g/mol. The summed E-state index contributed by atoms with van der Waals surface area (Å²) in [7, 11) is 0. The summed E-state index contributed by atoms with van der Waals surface area (Å²) in [4.78, 5) is 29.7. The fraction of sp³-hybridized carbons (Fsp3) is 0.440. The summed E-state index contributed by atoms with van der Waals surface area (Å²) in [6.45, 7) is 9.34. The summed E-state index contributed by atoms with van der Waals surface area (Å²) in [5.74, 6) is -0.122. The van der Waals surface area contributed by atoms with Crippen molar-refractivity contribution in [3.8, 4) is 0 Å². The second-order valence-corrected chi connectivity index (χ2v) is 9.44. The van der Waals surface area contributed by atoms with E-state index in [0.717, 1.165) is 62.1 Å². The molecule has 2 saturated heterocycles. The Morgan fingerprint density at radius 2 is 1.62 bits per heavy atom. The Morgan fingerprint density at radius 1 is 0.941 bits per heavy atom. The summed E-state index contributed by atoms with van der Waals surface area (Å²) in [5, 5.41) is 2.97. The predicted molar refractivity (Wildman–Crippen MR) is 133 cm³/mol. The topological polar surface area (TPSA) is 74.4 Å². The third-order valence-electron chi connectivity index (χ3n) is 5.84. The standard InChI is InChI=1S/C25H32N4O4S/c1-2-33-25(31)28-13-11-27(12-14-28)19-20-3-5-21(6-4-20)24(30)26-22-7-9-23(10-8-22)34-29-15-17-32-18-16-29/h3-10H,2,11-19H2,1H3,(H,26,30). The van der Waals surface area contributed by atoms with Crippen molar-refractivity contribution >= 4 is 29.6 Å². The van der Waals surface area contributed by atoms with Gasteiger partial charge in [-0.1, -0.05) is 12.1 Å². The molecular formula is C25H32N4O4S. The van der Waals surface area contributed by atoms with Gasteiger partial charge in [0, 0.05) is 62.0 Å². The molecule has 2 amide bonds. The number of benzene rings is 2. The predicted octanol–water partition coefficient (Wildman–Crippen LogP) is 3.55. The van der Waals surface area contributed by atoms with Crippen molar-refractivity contribution in [3.63, 3.8) is 0 Å². The van der Waals surface area contributed by atoms with Crippen LogP contribution in [0.2, 0.25) is 0 Å². The van der Waals surface area contributed by atoms with Crippen molar-refractivity contribution in [1.29, 1.82) is 0 Å². The van der Waals surface area contributed by atoms with Crippen LogP contribution in [0.5, 0.6) is 0 Å². The molecule has 0 saturated carbocycles. The number of nitrogens with zero attached hydrogens (tertiary/aromatic N) is 3. The maximum absolute atomic E-state index is 12.7. The molecule has 182 valence electrons. The van der Waals surface area contributed by atoms with E-state index in [4.69, 9.17) is 9.47 Å². The molecule has 9 heteroatoms. The maximum Gasteiger partial charge on any atom is 0.409 e. The lowest BCUT2D eigenvalue weighted by Gasteiger charge is -2.34. The van der Waals surface area contributed by atoms with Gasteiger partial charge in [0.2, 0.25) is 0 Å². The fourth-order valence-corrected chi connectivity index (χ4v) is 4.80. The Morgan fingerprint density at radius 3 is 2.26 bits per heavy atom. The maximum atomic E-state index is 12.7. The highest BCUT2D eigenvalue weighted by Gasteiger charge is 2.22. The molecule has 0 atom stereocenters. The molecule has 2 heterocycles. The second-order valence-electron chi connectivity index (χ2n) is 8.27. The first kappa shape index (κ1) is 24.5. The van der Waals surface area contributed by atoms with E-state index in [2.05, 4.69) is 14.5 Å². The van der Waals surface area contributed by atoms with Crippen LogP contribution in [0, 0.1) is 0 Å². The normalized spacial score (nSPS) is 17.4. The van der Waals surface area contributed by atoms with E-state index in [1.807, 2.05) is 55.5 Å². The van der Waals surface area contributed by atoms with Crippen LogP contribution in [0.25, 0.3) is 0 Å². The Bertz CT molecular complexity index is 940. The Hall–Kier alpha value is -2.59. The zero-order chi connectivity index (χ0) is 23.8. The molecule has 2 fully saturated rings. The summed E-state index contributed by atoms with van der Waals surface area (Å²) < 4.78 is 12.7. The molecule has 2 aliphatic rings. The van der Waals surface area contributed by atoms with Crippen LogP contribution in [0.3, 0.4) is 0 Å². The van der Waals surface area contributed by atoms with E-state index in [-0.39, 0.29) is 12.0 Å². The highest BCUT2D eigenvalue weighted by Crippen LogP contribution is 2.25. The molecule has 8 nitrogen and oxygen atoms in total. The van der Waals surface area contributed by atoms with Gasteiger partial charge in [-0.3, -0.25) is 9.69 Å². The first-order valence-electron chi connectivity index (χ1n) is 11.8. The molecular weight excluding hydrogens is 452 g/mol. The number of hydrogen-bond acceptors (Lipinski definition) is 7. The van der Waals surface area contributed by atoms with Crippen molar-refractivity contribution in [1.82, 2.24) is 14.1 Å². The van der Waals surface area contributed by atoms with Crippen molar-refractivity contribution in [2.45, 2.75) is 18.4 Å². The SMILES string of the molecule is CCOC(=O)N1CCN(Cc2ccc(C(=O)Nc3ccc(SN4CCOCC4)cc3)cc2)CC1. The fourth-order valence-electron chi connectivity index (χ4n) is 3.91. The van der Waals surface area contributed by atoms with Gasteiger partial charge in [0.1, 0.15) is 0 Å². The minimum absolute atomic E-state index is 0.122. The number of piperazine rings is 1.